The molecule has 1 heteroatoms. The number of benzene rings is 1. The summed E-state index contributed by atoms with van der Waals surface area (Å²) < 4.78 is 0. The molecule has 1 rings (SSSR count). The number of unbranched alkanes of at least 4 members (excludes halogenated alkanes) is 1. The van der Waals surface area contributed by atoms with Gasteiger partial charge in [-0.05, 0) is 56.3 Å². The fraction of sp³-hybridized carbons (Fsp3) is 0.667. The summed E-state index contributed by atoms with van der Waals surface area (Å²) in [6, 6.07) is 7.51. The molecule has 0 radical (unpaired) electrons. The molecule has 0 aromatic heterocycles. The van der Waals surface area contributed by atoms with Crippen molar-refractivity contribution in [2.45, 2.75) is 65.8 Å². The van der Waals surface area contributed by atoms with E-state index >= 15 is 0 Å². The third kappa shape index (κ3) is 4.99. The van der Waals surface area contributed by atoms with Crippen molar-refractivity contribution in [3.05, 3.63) is 34.9 Å². The zero-order valence-corrected chi connectivity index (χ0v) is 13.4. The predicted octanol–water partition coefficient (Wildman–Crippen LogP) is 4.65. The lowest BCUT2D eigenvalue weighted by Gasteiger charge is -2.26. The van der Waals surface area contributed by atoms with E-state index < -0.39 is 0 Å². The summed E-state index contributed by atoms with van der Waals surface area (Å²) in [5.41, 5.74) is 4.27. The summed E-state index contributed by atoms with van der Waals surface area (Å²) in [6.07, 6.45) is 6.43. The molecule has 2 unspecified atom stereocenters. The number of nitrogens with one attached hydrogen (secondary N) is 1. The molecule has 108 valence electrons. The largest absolute Gasteiger partial charge is 0.316 e. The normalized spacial score (nSPS) is 14.4. The summed E-state index contributed by atoms with van der Waals surface area (Å²) in [5, 5.41) is 3.54. The van der Waals surface area contributed by atoms with E-state index in [1.54, 1.807) is 0 Å². The van der Waals surface area contributed by atoms with Gasteiger partial charge in [0, 0.05) is 6.04 Å². The third-order valence-electron chi connectivity index (χ3n) is 4.42. The molecule has 0 spiro atoms. The second-order valence-corrected chi connectivity index (χ2v) is 5.83. The van der Waals surface area contributed by atoms with Crippen LogP contribution in [0.2, 0.25) is 0 Å². The molecular formula is C18H31N. The van der Waals surface area contributed by atoms with Gasteiger partial charge in [0.15, 0.2) is 0 Å². The molecule has 0 bridgehead atoms. The van der Waals surface area contributed by atoms with Gasteiger partial charge in [0.25, 0.3) is 0 Å². The maximum absolute atomic E-state index is 3.54. The topological polar surface area (TPSA) is 12.0 Å². The molecule has 0 heterocycles. The Hall–Kier alpha value is -0.820. The second-order valence-electron chi connectivity index (χ2n) is 5.83. The average molecular weight is 261 g/mol. The maximum Gasteiger partial charge on any atom is 0.0133 e. The van der Waals surface area contributed by atoms with Gasteiger partial charge in [-0.1, -0.05) is 51.3 Å². The van der Waals surface area contributed by atoms with Gasteiger partial charge in [-0.15, -0.1) is 0 Å². The molecule has 1 N–H and O–H groups in total. The fourth-order valence-corrected chi connectivity index (χ4v) is 2.84. The van der Waals surface area contributed by atoms with Gasteiger partial charge in [0.1, 0.15) is 0 Å². The van der Waals surface area contributed by atoms with Gasteiger partial charge < -0.3 is 5.32 Å². The first kappa shape index (κ1) is 16.2. The van der Waals surface area contributed by atoms with Crippen molar-refractivity contribution in [1.82, 2.24) is 5.32 Å². The van der Waals surface area contributed by atoms with Crippen LogP contribution < -0.4 is 5.32 Å². The molecule has 0 aliphatic carbocycles. The van der Waals surface area contributed by atoms with Crippen LogP contribution in [0.5, 0.6) is 0 Å². The van der Waals surface area contributed by atoms with Gasteiger partial charge in [-0.2, -0.15) is 0 Å². The molecule has 0 saturated carbocycles. The van der Waals surface area contributed by atoms with Crippen molar-refractivity contribution in [3.63, 3.8) is 0 Å². The SMILES string of the molecule is CCCCC(CC)C(Cc1ccc(C)c(C)c1)NC. The van der Waals surface area contributed by atoms with E-state index in [2.05, 4.69) is 58.3 Å². The van der Waals surface area contributed by atoms with E-state index in [9.17, 15) is 0 Å². The Bertz CT molecular complexity index is 370. The highest BCUT2D eigenvalue weighted by Crippen LogP contribution is 2.21. The van der Waals surface area contributed by atoms with Crippen molar-refractivity contribution in [1.29, 1.82) is 0 Å². The lowest BCUT2D eigenvalue weighted by atomic mass is 9.87. The summed E-state index contributed by atoms with van der Waals surface area (Å²) in [6.45, 7) is 9.00. The number of hydrogen-bond acceptors (Lipinski definition) is 1. The molecule has 0 aliphatic rings. The summed E-state index contributed by atoms with van der Waals surface area (Å²) in [4.78, 5) is 0. The van der Waals surface area contributed by atoms with E-state index in [1.807, 2.05) is 0 Å². The van der Waals surface area contributed by atoms with Crippen LogP contribution in [0.15, 0.2) is 18.2 Å². The smallest absolute Gasteiger partial charge is 0.0133 e. The molecule has 1 nitrogen and oxygen atoms in total. The third-order valence-corrected chi connectivity index (χ3v) is 4.42. The Morgan fingerprint density at radius 2 is 1.84 bits per heavy atom. The van der Waals surface area contributed by atoms with E-state index in [1.165, 1.54) is 42.4 Å². The molecule has 1 aromatic rings. The molecule has 0 fully saturated rings. The van der Waals surface area contributed by atoms with Crippen molar-refractivity contribution < 1.29 is 0 Å². The minimum absolute atomic E-state index is 0.610. The van der Waals surface area contributed by atoms with Gasteiger partial charge in [0.2, 0.25) is 0 Å². The van der Waals surface area contributed by atoms with Crippen LogP contribution in [0.1, 0.15) is 56.2 Å². The van der Waals surface area contributed by atoms with Crippen molar-refractivity contribution in [2.75, 3.05) is 7.05 Å². The first-order valence-electron chi connectivity index (χ1n) is 7.85. The standard InChI is InChI=1S/C18H31N/c1-6-8-9-17(7-2)18(19-5)13-16-11-10-14(3)15(4)12-16/h10-12,17-19H,6-9,13H2,1-5H3. The Kier molecular flexibility index (Phi) is 7.15. The van der Waals surface area contributed by atoms with Gasteiger partial charge >= 0.3 is 0 Å². The first-order valence-corrected chi connectivity index (χ1v) is 7.85. The minimum atomic E-state index is 0.610. The highest BCUT2D eigenvalue weighted by molar-refractivity contribution is 5.30. The number of rotatable bonds is 8. The number of aryl methyl sites for hydroxylation is 2. The number of likely N-dealkylation sites (N-methyl/N-ethyl adjacent to an activating group) is 1. The molecule has 19 heavy (non-hydrogen) atoms. The Morgan fingerprint density at radius 3 is 2.37 bits per heavy atom. The highest BCUT2D eigenvalue weighted by Gasteiger charge is 2.18. The quantitative estimate of drug-likeness (QED) is 0.718. The van der Waals surface area contributed by atoms with Crippen LogP contribution in [0.25, 0.3) is 0 Å². The summed E-state index contributed by atoms with van der Waals surface area (Å²) in [5.74, 6) is 0.798. The van der Waals surface area contributed by atoms with E-state index in [0.717, 1.165) is 12.3 Å². The summed E-state index contributed by atoms with van der Waals surface area (Å²) >= 11 is 0. The zero-order chi connectivity index (χ0) is 14.3. The van der Waals surface area contributed by atoms with Gasteiger partial charge in [-0.25, -0.2) is 0 Å². The van der Waals surface area contributed by atoms with Gasteiger partial charge in [-0.3, -0.25) is 0 Å². The molecule has 0 aliphatic heterocycles. The average Bonchev–Trinajstić information content (AvgIpc) is 2.42. The Labute approximate surface area is 119 Å². The summed E-state index contributed by atoms with van der Waals surface area (Å²) in [7, 11) is 2.11. The van der Waals surface area contributed by atoms with Crippen LogP contribution in [0.3, 0.4) is 0 Å². The number of hydrogen-bond donors (Lipinski definition) is 1. The molecule has 0 saturated heterocycles. The second kappa shape index (κ2) is 8.37. The molecule has 1 aromatic carbocycles. The molecule has 0 amide bonds. The maximum atomic E-state index is 3.54. The monoisotopic (exact) mass is 261 g/mol. The molecular weight excluding hydrogens is 230 g/mol. The lowest BCUT2D eigenvalue weighted by molar-refractivity contribution is 0.330. The highest BCUT2D eigenvalue weighted by atomic mass is 14.9. The van der Waals surface area contributed by atoms with Crippen LogP contribution in [0.4, 0.5) is 0 Å². The van der Waals surface area contributed by atoms with Crippen molar-refractivity contribution >= 4 is 0 Å². The van der Waals surface area contributed by atoms with Gasteiger partial charge in [0.05, 0.1) is 0 Å². The fourth-order valence-electron chi connectivity index (χ4n) is 2.84. The minimum Gasteiger partial charge on any atom is -0.316 e. The first-order chi connectivity index (χ1) is 9.12. The Morgan fingerprint density at radius 1 is 1.11 bits per heavy atom. The Balaban J connectivity index is 2.70. The van der Waals surface area contributed by atoms with Crippen LogP contribution in [-0.4, -0.2) is 13.1 Å². The van der Waals surface area contributed by atoms with Crippen LogP contribution in [-0.2, 0) is 6.42 Å². The zero-order valence-electron chi connectivity index (χ0n) is 13.4. The van der Waals surface area contributed by atoms with Crippen LogP contribution in [0, 0.1) is 19.8 Å². The van der Waals surface area contributed by atoms with E-state index in [-0.39, 0.29) is 0 Å². The molecule has 2 atom stereocenters. The predicted molar refractivity (Wildman–Crippen MR) is 85.8 cm³/mol. The van der Waals surface area contributed by atoms with Crippen LogP contribution >= 0.6 is 0 Å². The van der Waals surface area contributed by atoms with E-state index in [4.69, 9.17) is 0 Å². The lowest BCUT2D eigenvalue weighted by Crippen LogP contribution is -2.35. The van der Waals surface area contributed by atoms with E-state index in [0.29, 0.717) is 6.04 Å². The van der Waals surface area contributed by atoms with Crippen molar-refractivity contribution in [3.8, 4) is 0 Å². The van der Waals surface area contributed by atoms with Crippen molar-refractivity contribution in [2.24, 2.45) is 5.92 Å².